The van der Waals surface area contributed by atoms with Crippen LogP contribution in [0.3, 0.4) is 0 Å². The van der Waals surface area contributed by atoms with Gasteiger partial charge in [-0.15, -0.1) is 0 Å². The van der Waals surface area contributed by atoms with Gasteiger partial charge < -0.3 is 5.32 Å². The normalized spacial score (nSPS) is 31.1. The molecule has 1 aromatic carbocycles. The first-order chi connectivity index (χ1) is 7.92. The van der Waals surface area contributed by atoms with Crippen molar-refractivity contribution in [2.75, 3.05) is 6.54 Å². The van der Waals surface area contributed by atoms with Crippen LogP contribution in [0.15, 0.2) is 42.5 Å². The van der Waals surface area contributed by atoms with E-state index in [0.717, 1.165) is 24.3 Å². The summed E-state index contributed by atoms with van der Waals surface area (Å²) in [4.78, 5) is 0. The third-order valence-corrected chi connectivity index (χ3v) is 4.11. The third kappa shape index (κ3) is 2.05. The van der Waals surface area contributed by atoms with Gasteiger partial charge in [-0.3, -0.25) is 0 Å². The minimum Gasteiger partial charge on any atom is -0.342 e. The summed E-state index contributed by atoms with van der Waals surface area (Å²) in [5.74, 6) is 2.76. The zero-order valence-electron chi connectivity index (χ0n) is 9.68. The van der Waals surface area contributed by atoms with Gasteiger partial charge in [-0.1, -0.05) is 42.5 Å². The number of hydrogen-bond acceptors (Lipinski definition) is 0. The molecule has 3 atom stereocenters. The van der Waals surface area contributed by atoms with Crippen molar-refractivity contribution in [1.82, 2.24) is 0 Å². The van der Waals surface area contributed by atoms with Crippen molar-refractivity contribution in [1.29, 1.82) is 0 Å². The van der Waals surface area contributed by atoms with E-state index >= 15 is 0 Å². The SMILES string of the molecule is C1=C[C@H]2C[C@@H]1C[C@H]2C[NH2+]Cc1ccccc1. The number of fused-ring (bicyclic) bond motifs is 2. The van der Waals surface area contributed by atoms with Crippen LogP contribution in [0.4, 0.5) is 0 Å². The summed E-state index contributed by atoms with van der Waals surface area (Å²) < 4.78 is 0. The molecule has 16 heavy (non-hydrogen) atoms. The summed E-state index contributed by atoms with van der Waals surface area (Å²) in [6.45, 7) is 2.44. The van der Waals surface area contributed by atoms with Crippen LogP contribution < -0.4 is 5.32 Å². The Morgan fingerprint density at radius 3 is 2.62 bits per heavy atom. The molecule has 0 unspecified atom stereocenters. The second-order valence-electron chi connectivity index (χ2n) is 5.25. The van der Waals surface area contributed by atoms with Crippen LogP contribution in [0.5, 0.6) is 0 Å². The Labute approximate surface area is 97.6 Å². The maximum absolute atomic E-state index is 2.48. The first kappa shape index (κ1) is 10.1. The van der Waals surface area contributed by atoms with E-state index in [4.69, 9.17) is 0 Å². The lowest BCUT2D eigenvalue weighted by Gasteiger charge is -2.16. The second kappa shape index (κ2) is 4.42. The lowest BCUT2D eigenvalue weighted by atomic mass is 9.93. The van der Waals surface area contributed by atoms with E-state index in [9.17, 15) is 0 Å². The van der Waals surface area contributed by atoms with Crippen molar-refractivity contribution in [2.45, 2.75) is 19.4 Å². The molecule has 1 fully saturated rings. The molecule has 2 aliphatic carbocycles. The van der Waals surface area contributed by atoms with Gasteiger partial charge in [-0.2, -0.15) is 0 Å². The molecule has 1 aromatic rings. The van der Waals surface area contributed by atoms with Gasteiger partial charge in [0.1, 0.15) is 6.54 Å². The Balaban J connectivity index is 1.46. The predicted octanol–water partition coefficient (Wildman–Crippen LogP) is 1.96. The highest BCUT2D eigenvalue weighted by atomic mass is 14.9. The molecule has 1 nitrogen and oxygen atoms in total. The number of benzene rings is 1. The van der Waals surface area contributed by atoms with E-state index in [0.29, 0.717) is 0 Å². The van der Waals surface area contributed by atoms with Crippen molar-refractivity contribution in [3.05, 3.63) is 48.0 Å². The van der Waals surface area contributed by atoms with E-state index in [1.54, 1.807) is 0 Å². The van der Waals surface area contributed by atoms with E-state index in [1.807, 2.05) is 0 Å². The molecule has 1 heteroatoms. The molecule has 0 saturated heterocycles. The van der Waals surface area contributed by atoms with Gasteiger partial charge >= 0.3 is 0 Å². The quantitative estimate of drug-likeness (QED) is 0.738. The summed E-state index contributed by atoms with van der Waals surface area (Å²) in [6.07, 6.45) is 7.75. The van der Waals surface area contributed by atoms with Crippen molar-refractivity contribution in [3.63, 3.8) is 0 Å². The second-order valence-corrected chi connectivity index (χ2v) is 5.25. The monoisotopic (exact) mass is 214 g/mol. The lowest BCUT2D eigenvalue weighted by molar-refractivity contribution is -0.676. The molecule has 0 aliphatic heterocycles. The Kier molecular flexibility index (Phi) is 2.79. The van der Waals surface area contributed by atoms with Gasteiger partial charge in [0.2, 0.25) is 0 Å². The number of allylic oxidation sites excluding steroid dienone is 2. The van der Waals surface area contributed by atoms with Gasteiger partial charge in [-0.05, 0) is 24.7 Å². The van der Waals surface area contributed by atoms with E-state index in [1.165, 1.54) is 24.9 Å². The van der Waals surface area contributed by atoms with Gasteiger partial charge in [0, 0.05) is 11.5 Å². The zero-order chi connectivity index (χ0) is 10.8. The topological polar surface area (TPSA) is 16.6 Å². The average molecular weight is 214 g/mol. The zero-order valence-corrected chi connectivity index (χ0v) is 9.68. The number of rotatable bonds is 4. The van der Waals surface area contributed by atoms with Crippen LogP contribution >= 0.6 is 0 Å². The highest BCUT2D eigenvalue weighted by Gasteiger charge is 2.36. The Bertz CT molecular complexity index is 368. The number of hydrogen-bond donors (Lipinski definition) is 1. The van der Waals surface area contributed by atoms with Crippen molar-refractivity contribution in [2.24, 2.45) is 17.8 Å². The minimum absolute atomic E-state index is 0.900. The largest absolute Gasteiger partial charge is 0.342 e. The molecule has 2 N–H and O–H groups in total. The van der Waals surface area contributed by atoms with Crippen LogP contribution in [0.2, 0.25) is 0 Å². The summed E-state index contributed by atoms with van der Waals surface area (Å²) in [7, 11) is 0. The van der Waals surface area contributed by atoms with E-state index in [-0.39, 0.29) is 0 Å². The van der Waals surface area contributed by atoms with Crippen LogP contribution in [-0.4, -0.2) is 6.54 Å². The van der Waals surface area contributed by atoms with Crippen LogP contribution in [-0.2, 0) is 6.54 Å². The molecule has 0 radical (unpaired) electrons. The molecule has 2 aliphatic rings. The lowest BCUT2D eigenvalue weighted by Crippen LogP contribution is -2.84. The molecule has 84 valence electrons. The van der Waals surface area contributed by atoms with Crippen LogP contribution in [0.1, 0.15) is 18.4 Å². The van der Waals surface area contributed by atoms with Gasteiger partial charge in [0.05, 0.1) is 6.54 Å². The Morgan fingerprint density at radius 1 is 1.06 bits per heavy atom. The maximum atomic E-state index is 2.48. The minimum atomic E-state index is 0.900. The molecular weight excluding hydrogens is 194 g/mol. The summed E-state index contributed by atoms with van der Waals surface area (Å²) in [5, 5.41) is 2.48. The molecule has 0 heterocycles. The molecule has 1 saturated carbocycles. The molecule has 3 rings (SSSR count). The smallest absolute Gasteiger partial charge is 0.101 e. The van der Waals surface area contributed by atoms with Crippen LogP contribution in [0.25, 0.3) is 0 Å². The maximum Gasteiger partial charge on any atom is 0.101 e. The Morgan fingerprint density at radius 2 is 1.94 bits per heavy atom. The van der Waals surface area contributed by atoms with Gasteiger partial charge in [0.25, 0.3) is 0 Å². The molecule has 0 amide bonds. The van der Waals surface area contributed by atoms with Crippen molar-refractivity contribution < 1.29 is 5.32 Å². The van der Waals surface area contributed by atoms with Gasteiger partial charge in [-0.25, -0.2) is 0 Å². The predicted molar refractivity (Wildman–Crippen MR) is 65.8 cm³/mol. The fraction of sp³-hybridized carbons (Fsp3) is 0.467. The molecule has 0 aromatic heterocycles. The van der Waals surface area contributed by atoms with Crippen LogP contribution in [0, 0.1) is 17.8 Å². The molecular formula is C15H20N+. The van der Waals surface area contributed by atoms with E-state index < -0.39 is 0 Å². The first-order valence-corrected chi connectivity index (χ1v) is 6.46. The first-order valence-electron chi connectivity index (χ1n) is 6.46. The molecule has 2 bridgehead atoms. The van der Waals surface area contributed by atoms with Crippen molar-refractivity contribution in [3.8, 4) is 0 Å². The third-order valence-electron chi connectivity index (χ3n) is 4.11. The summed E-state index contributed by atoms with van der Waals surface area (Å²) in [5.41, 5.74) is 1.45. The standard InChI is InChI=1S/C15H19N/c1-2-4-12(5-3-1)10-16-11-15-9-13-6-7-14(15)8-13/h1-7,13-16H,8-11H2/p+1/t13-,14+,15+/m1/s1. The van der Waals surface area contributed by atoms with Crippen molar-refractivity contribution >= 4 is 0 Å². The number of quaternary nitrogens is 1. The Hall–Kier alpha value is -1.08. The highest BCUT2D eigenvalue weighted by Crippen LogP contribution is 2.42. The summed E-state index contributed by atoms with van der Waals surface area (Å²) in [6, 6.07) is 10.8. The van der Waals surface area contributed by atoms with Gasteiger partial charge in [0.15, 0.2) is 0 Å². The number of nitrogens with two attached hydrogens (primary N) is 1. The molecule has 0 spiro atoms. The van der Waals surface area contributed by atoms with E-state index in [2.05, 4.69) is 47.8 Å². The highest BCUT2D eigenvalue weighted by molar-refractivity contribution is 5.13. The summed E-state index contributed by atoms with van der Waals surface area (Å²) >= 11 is 0. The fourth-order valence-corrected chi connectivity index (χ4v) is 3.24. The fourth-order valence-electron chi connectivity index (χ4n) is 3.24. The average Bonchev–Trinajstić information content (AvgIpc) is 2.92.